The number of thioether (sulfide) groups is 1. The Hall–Kier alpha value is -1.79. The van der Waals surface area contributed by atoms with Crippen molar-refractivity contribution in [3.05, 3.63) is 48.0 Å². The minimum atomic E-state index is -1.26. The molecule has 1 aromatic rings. The van der Waals surface area contributed by atoms with E-state index in [2.05, 4.69) is 47.4 Å². The third-order valence-corrected chi connectivity index (χ3v) is 4.43. The van der Waals surface area contributed by atoms with Crippen molar-refractivity contribution in [1.29, 1.82) is 0 Å². The van der Waals surface area contributed by atoms with Crippen molar-refractivity contribution >= 4 is 23.7 Å². The van der Waals surface area contributed by atoms with Gasteiger partial charge in [0.2, 0.25) is 0 Å². The van der Waals surface area contributed by atoms with Crippen LogP contribution in [-0.4, -0.2) is 40.5 Å². The number of piperidine rings is 1. The van der Waals surface area contributed by atoms with Gasteiger partial charge in [-0.25, -0.2) is 9.59 Å². The van der Waals surface area contributed by atoms with Gasteiger partial charge in [0, 0.05) is 23.2 Å². The van der Waals surface area contributed by atoms with Gasteiger partial charge in [-0.15, -0.1) is 0 Å². The topological polar surface area (TPSA) is 86.6 Å². The number of carbonyl (C=O) groups is 2. The lowest BCUT2D eigenvalue weighted by atomic mass is 10.2. The Bertz CT molecular complexity index is 468. The van der Waals surface area contributed by atoms with Crippen LogP contribution in [0.4, 0.5) is 0 Å². The highest BCUT2D eigenvalue weighted by atomic mass is 32.2. The zero-order chi connectivity index (χ0) is 16.2. The average Bonchev–Trinajstić information content (AvgIpc) is 2.54. The maximum absolute atomic E-state index is 9.55. The smallest absolute Gasteiger partial charge is 0.328 e. The van der Waals surface area contributed by atoms with Crippen LogP contribution in [0.3, 0.4) is 0 Å². The molecule has 0 aromatic heterocycles. The first-order valence-electron chi connectivity index (χ1n) is 7.08. The maximum Gasteiger partial charge on any atom is 0.328 e. The summed E-state index contributed by atoms with van der Waals surface area (Å²) in [7, 11) is 0. The number of carboxylic acids is 2. The predicted octanol–water partition coefficient (Wildman–Crippen LogP) is 2.38. The van der Waals surface area contributed by atoms with Crippen LogP contribution in [0, 0.1) is 0 Å². The Morgan fingerprint density at radius 3 is 2.14 bits per heavy atom. The van der Waals surface area contributed by atoms with E-state index in [1.54, 1.807) is 0 Å². The van der Waals surface area contributed by atoms with E-state index < -0.39 is 11.9 Å². The van der Waals surface area contributed by atoms with Crippen molar-refractivity contribution in [1.82, 2.24) is 5.32 Å². The standard InChI is InChI=1S/C12H17NS.C4H4O4/c1-2-4-11(5-3-1)10-14-12-6-8-13-9-7-12;5-3(6)1-2-4(7)8/h1-5,12-13H,6-10H2;1-2H,(H,5,6)(H,7,8). The van der Waals surface area contributed by atoms with Gasteiger partial charge in [0.1, 0.15) is 0 Å². The van der Waals surface area contributed by atoms with Crippen LogP contribution in [0.2, 0.25) is 0 Å². The van der Waals surface area contributed by atoms with E-state index in [9.17, 15) is 9.59 Å². The van der Waals surface area contributed by atoms with Gasteiger partial charge in [-0.05, 0) is 31.5 Å². The lowest BCUT2D eigenvalue weighted by Crippen LogP contribution is -2.29. The highest BCUT2D eigenvalue weighted by Gasteiger charge is 2.12. The first-order valence-corrected chi connectivity index (χ1v) is 8.13. The summed E-state index contributed by atoms with van der Waals surface area (Å²) in [5.41, 5.74) is 1.45. The van der Waals surface area contributed by atoms with Gasteiger partial charge in [0.05, 0.1) is 0 Å². The van der Waals surface area contributed by atoms with E-state index in [4.69, 9.17) is 10.2 Å². The van der Waals surface area contributed by atoms with Crippen molar-refractivity contribution < 1.29 is 19.8 Å². The monoisotopic (exact) mass is 323 g/mol. The molecule has 0 amide bonds. The fraction of sp³-hybridized carbons (Fsp3) is 0.375. The lowest BCUT2D eigenvalue weighted by molar-refractivity contribution is -0.134. The molecule has 0 bridgehead atoms. The summed E-state index contributed by atoms with van der Waals surface area (Å²) < 4.78 is 0. The Morgan fingerprint density at radius 2 is 1.64 bits per heavy atom. The Morgan fingerprint density at radius 1 is 1.09 bits per heavy atom. The summed E-state index contributed by atoms with van der Waals surface area (Å²) in [5.74, 6) is -1.34. The van der Waals surface area contributed by atoms with Gasteiger partial charge in [0.15, 0.2) is 0 Å². The molecule has 2 rings (SSSR count). The average molecular weight is 323 g/mol. The Labute approximate surface area is 134 Å². The molecular formula is C16H21NO4S. The van der Waals surface area contributed by atoms with E-state index in [0.29, 0.717) is 12.2 Å². The van der Waals surface area contributed by atoms with Crippen molar-refractivity contribution in [3.63, 3.8) is 0 Å². The molecule has 0 saturated carbocycles. The number of nitrogens with one attached hydrogen (secondary N) is 1. The van der Waals surface area contributed by atoms with Gasteiger partial charge in [-0.3, -0.25) is 0 Å². The first-order chi connectivity index (χ1) is 10.6. The fourth-order valence-corrected chi connectivity index (χ4v) is 3.08. The number of rotatable bonds is 5. The molecule has 0 spiro atoms. The van der Waals surface area contributed by atoms with Crippen molar-refractivity contribution in [2.75, 3.05) is 13.1 Å². The second-order valence-corrected chi connectivity index (χ2v) is 6.04. The zero-order valence-corrected chi connectivity index (χ0v) is 13.1. The second kappa shape index (κ2) is 10.9. The summed E-state index contributed by atoms with van der Waals surface area (Å²) in [6.07, 6.45) is 3.78. The number of hydrogen-bond donors (Lipinski definition) is 3. The fourth-order valence-electron chi connectivity index (χ4n) is 1.89. The summed E-state index contributed by atoms with van der Waals surface area (Å²) in [6, 6.07) is 10.8. The molecule has 0 atom stereocenters. The Kier molecular flexibility index (Phi) is 9.02. The molecule has 0 radical (unpaired) electrons. The van der Waals surface area contributed by atoms with Gasteiger partial charge < -0.3 is 15.5 Å². The molecule has 0 aliphatic carbocycles. The summed E-state index contributed by atoms with van der Waals surface area (Å²) >= 11 is 2.11. The molecular weight excluding hydrogens is 302 g/mol. The molecule has 0 unspecified atom stereocenters. The van der Waals surface area contributed by atoms with E-state index >= 15 is 0 Å². The molecule has 1 heterocycles. The number of hydrogen-bond acceptors (Lipinski definition) is 4. The van der Waals surface area contributed by atoms with Gasteiger partial charge >= 0.3 is 11.9 Å². The van der Waals surface area contributed by atoms with Crippen LogP contribution in [0.25, 0.3) is 0 Å². The molecule has 120 valence electrons. The van der Waals surface area contributed by atoms with Gasteiger partial charge in [0.25, 0.3) is 0 Å². The van der Waals surface area contributed by atoms with E-state index in [1.807, 2.05) is 0 Å². The zero-order valence-electron chi connectivity index (χ0n) is 12.3. The number of carboxylic acid groups (broad SMARTS) is 2. The molecule has 1 aliphatic heterocycles. The first kappa shape index (κ1) is 18.3. The molecule has 22 heavy (non-hydrogen) atoms. The van der Waals surface area contributed by atoms with Crippen LogP contribution in [0.5, 0.6) is 0 Å². The van der Waals surface area contributed by atoms with Crippen LogP contribution < -0.4 is 5.32 Å². The maximum atomic E-state index is 9.55. The van der Waals surface area contributed by atoms with E-state index in [0.717, 1.165) is 5.25 Å². The lowest BCUT2D eigenvalue weighted by Gasteiger charge is -2.21. The highest BCUT2D eigenvalue weighted by molar-refractivity contribution is 7.99. The van der Waals surface area contributed by atoms with Gasteiger partial charge in [-0.1, -0.05) is 30.3 Å². The van der Waals surface area contributed by atoms with Crippen LogP contribution in [0.15, 0.2) is 42.5 Å². The van der Waals surface area contributed by atoms with Gasteiger partial charge in [-0.2, -0.15) is 11.8 Å². The van der Waals surface area contributed by atoms with Crippen molar-refractivity contribution in [3.8, 4) is 0 Å². The molecule has 1 fully saturated rings. The minimum Gasteiger partial charge on any atom is -0.478 e. The second-order valence-electron chi connectivity index (χ2n) is 4.76. The molecule has 3 N–H and O–H groups in total. The SMILES string of the molecule is O=C(O)C=CC(=O)O.c1ccc(CSC2CCNCC2)cc1. The summed E-state index contributed by atoms with van der Waals surface area (Å²) in [5, 5.41) is 19.9. The predicted molar refractivity (Wildman–Crippen MR) is 88.0 cm³/mol. The van der Waals surface area contributed by atoms with Crippen molar-refractivity contribution in [2.45, 2.75) is 23.8 Å². The van der Waals surface area contributed by atoms with Crippen LogP contribution in [0.1, 0.15) is 18.4 Å². The summed E-state index contributed by atoms with van der Waals surface area (Å²) in [6.45, 7) is 2.40. The largest absolute Gasteiger partial charge is 0.478 e. The van der Waals surface area contributed by atoms with Crippen LogP contribution in [-0.2, 0) is 15.3 Å². The van der Waals surface area contributed by atoms with E-state index in [-0.39, 0.29) is 0 Å². The number of benzene rings is 1. The normalized spacial score (nSPS) is 15.1. The highest BCUT2D eigenvalue weighted by Crippen LogP contribution is 2.23. The van der Waals surface area contributed by atoms with Crippen LogP contribution >= 0.6 is 11.8 Å². The minimum absolute atomic E-state index is 0.558. The third-order valence-electron chi connectivity index (χ3n) is 2.98. The molecule has 6 heteroatoms. The quantitative estimate of drug-likeness (QED) is 0.721. The summed E-state index contributed by atoms with van der Waals surface area (Å²) in [4.78, 5) is 19.1. The Balaban J connectivity index is 0.000000261. The molecule has 5 nitrogen and oxygen atoms in total. The van der Waals surface area contributed by atoms with E-state index in [1.165, 1.54) is 37.2 Å². The molecule has 1 aromatic carbocycles. The molecule has 1 saturated heterocycles. The molecule has 1 aliphatic rings. The van der Waals surface area contributed by atoms with Crippen molar-refractivity contribution in [2.24, 2.45) is 0 Å². The third kappa shape index (κ3) is 9.20. The number of aliphatic carboxylic acids is 2.